The molecule has 0 amide bonds. The van der Waals surface area contributed by atoms with Crippen LogP contribution in [0.1, 0.15) is 29.3 Å². The lowest BCUT2D eigenvalue weighted by Crippen LogP contribution is -2.37. The summed E-state index contributed by atoms with van der Waals surface area (Å²) in [4.78, 5) is 8.60. The first-order valence-electron chi connectivity index (χ1n) is 8.70. The number of benzene rings is 1. The number of nitrogens with one attached hydrogen (secondary N) is 2. The molecule has 2 aromatic rings. The van der Waals surface area contributed by atoms with Gasteiger partial charge in [-0.3, -0.25) is 9.98 Å². The van der Waals surface area contributed by atoms with Crippen molar-refractivity contribution in [3.8, 4) is 5.75 Å². The Morgan fingerprint density at radius 3 is 2.62 bits per heavy atom. The fraction of sp³-hybridized carbons (Fsp3) is 0.400. The first-order chi connectivity index (χ1) is 12.1. The quantitative estimate of drug-likeness (QED) is 0.370. The third-order valence-corrected chi connectivity index (χ3v) is 3.87. The zero-order valence-electron chi connectivity index (χ0n) is 16.0. The average Bonchev–Trinajstić information content (AvgIpc) is 2.61. The minimum atomic E-state index is 0. The van der Waals surface area contributed by atoms with Crippen molar-refractivity contribution in [3.63, 3.8) is 0 Å². The Bertz CT molecular complexity index is 701. The molecule has 0 spiro atoms. The van der Waals surface area contributed by atoms with Crippen LogP contribution in [0.25, 0.3) is 0 Å². The number of nitrogens with zero attached hydrogens (tertiary/aromatic N) is 2. The Labute approximate surface area is 173 Å². The van der Waals surface area contributed by atoms with Gasteiger partial charge in [0.2, 0.25) is 0 Å². The Hall–Kier alpha value is -1.83. The van der Waals surface area contributed by atoms with Crippen LogP contribution in [-0.2, 0) is 13.0 Å². The highest BCUT2D eigenvalue weighted by molar-refractivity contribution is 14.0. The molecule has 0 aliphatic heterocycles. The number of aromatic nitrogens is 1. The van der Waals surface area contributed by atoms with Crippen molar-refractivity contribution in [1.29, 1.82) is 0 Å². The smallest absolute Gasteiger partial charge is 0.191 e. The maximum atomic E-state index is 5.73. The second-order valence-electron chi connectivity index (χ2n) is 5.95. The summed E-state index contributed by atoms with van der Waals surface area (Å²) in [5, 5.41) is 6.68. The standard InChI is InChI=1S/C20H28N4O.HI/c1-5-25-19-12-15(2)6-9-18(19)14-24-20(21-4)22-11-10-17-8-7-16(3)23-13-17;/h6-9,12-13H,5,10-11,14H2,1-4H3,(H2,21,22,24);1H. The van der Waals surface area contributed by atoms with E-state index in [1.54, 1.807) is 7.05 Å². The number of aliphatic imine (C=N–C) groups is 1. The predicted molar refractivity (Wildman–Crippen MR) is 119 cm³/mol. The zero-order chi connectivity index (χ0) is 18.1. The van der Waals surface area contributed by atoms with E-state index in [0.717, 1.165) is 35.9 Å². The van der Waals surface area contributed by atoms with Gasteiger partial charge in [-0.25, -0.2) is 0 Å². The van der Waals surface area contributed by atoms with Crippen molar-refractivity contribution >= 4 is 29.9 Å². The lowest BCUT2D eigenvalue weighted by atomic mass is 10.1. The highest BCUT2D eigenvalue weighted by atomic mass is 127. The molecule has 1 aromatic heterocycles. The maximum absolute atomic E-state index is 5.73. The normalized spacial score (nSPS) is 10.8. The number of hydrogen-bond acceptors (Lipinski definition) is 3. The second kappa shape index (κ2) is 11.7. The van der Waals surface area contributed by atoms with E-state index >= 15 is 0 Å². The van der Waals surface area contributed by atoms with Gasteiger partial charge in [0.05, 0.1) is 6.61 Å². The largest absolute Gasteiger partial charge is 0.494 e. The molecule has 0 saturated carbocycles. The lowest BCUT2D eigenvalue weighted by Gasteiger charge is -2.15. The molecule has 0 bridgehead atoms. The van der Waals surface area contributed by atoms with E-state index in [1.807, 2.05) is 26.1 Å². The van der Waals surface area contributed by atoms with Gasteiger partial charge in [0.25, 0.3) is 0 Å². The van der Waals surface area contributed by atoms with Crippen LogP contribution in [0.15, 0.2) is 41.5 Å². The van der Waals surface area contributed by atoms with Crippen molar-refractivity contribution in [2.75, 3.05) is 20.2 Å². The van der Waals surface area contributed by atoms with Crippen LogP contribution in [0.4, 0.5) is 0 Å². The summed E-state index contributed by atoms with van der Waals surface area (Å²) in [7, 11) is 1.78. The van der Waals surface area contributed by atoms with Gasteiger partial charge in [-0.1, -0.05) is 18.2 Å². The Balaban J connectivity index is 0.00000338. The number of halogens is 1. The third kappa shape index (κ3) is 7.19. The van der Waals surface area contributed by atoms with Gasteiger partial charge in [0.15, 0.2) is 5.96 Å². The SMILES string of the molecule is CCOc1cc(C)ccc1CNC(=NC)NCCc1ccc(C)nc1.I. The molecule has 0 aliphatic carbocycles. The number of pyridine rings is 1. The minimum Gasteiger partial charge on any atom is -0.494 e. The van der Waals surface area contributed by atoms with Gasteiger partial charge in [0.1, 0.15) is 5.75 Å². The van der Waals surface area contributed by atoms with Crippen LogP contribution < -0.4 is 15.4 Å². The molecule has 0 aliphatic rings. The van der Waals surface area contributed by atoms with E-state index in [0.29, 0.717) is 13.2 Å². The maximum Gasteiger partial charge on any atom is 0.191 e. The summed E-state index contributed by atoms with van der Waals surface area (Å²) >= 11 is 0. The van der Waals surface area contributed by atoms with E-state index in [-0.39, 0.29) is 24.0 Å². The van der Waals surface area contributed by atoms with Gasteiger partial charge >= 0.3 is 0 Å². The monoisotopic (exact) mass is 468 g/mol. The summed E-state index contributed by atoms with van der Waals surface area (Å²) in [6.07, 6.45) is 2.83. The average molecular weight is 468 g/mol. The molecule has 0 unspecified atom stereocenters. The van der Waals surface area contributed by atoms with Crippen molar-refractivity contribution in [1.82, 2.24) is 15.6 Å². The van der Waals surface area contributed by atoms with Gasteiger partial charge in [-0.2, -0.15) is 0 Å². The topological polar surface area (TPSA) is 58.5 Å². The fourth-order valence-electron chi connectivity index (χ4n) is 2.47. The Kier molecular flexibility index (Phi) is 10.0. The molecule has 1 aromatic carbocycles. The summed E-state index contributed by atoms with van der Waals surface area (Å²) in [5.41, 5.74) is 4.57. The van der Waals surface area contributed by atoms with Crippen LogP contribution in [0, 0.1) is 13.8 Å². The van der Waals surface area contributed by atoms with Crippen LogP contribution in [0.3, 0.4) is 0 Å². The minimum absolute atomic E-state index is 0. The Morgan fingerprint density at radius 2 is 1.96 bits per heavy atom. The molecule has 1 heterocycles. The molecule has 0 saturated heterocycles. The third-order valence-electron chi connectivity index (χ3n) is 3.87. The van der Waals surface area contributed by atoms with Crippen molar-refractivity contribution in [2.45, 2.75) is 33.7 Å². The van der Waals surface area contributed by atoms with E-state index in [2.05, 4.69) is 51.8 Å². The van der Waals surface area contributed by atoms with Crippen LogP contribution >= 0.6 is 24.0 Å². The summed E-state index contributed by atoms with van der Waals surface area (Å²) in [5.74, 6) is 1.71. The molecule has 6 heteroatoms. The zero-order valence-corrected chi connectivity index (χ0v) is 18.3. The van der Waals surface area contributed by atoms with Crippen LogP contribution in [0.2, 0.25) is 0 Å². The van der Waals surface area contributed by atoms with Crippen LogP contribution in [-0.4, -0.2) is 31.1 Å². The first kappa shape index (κ1) is 22.2. The molecule has 0 fully saturated rings. The molecular weight excluding hydrogens is 439 g/mol. The molecular formula is C20H29IN4O. The number of aryl methyl sites for hydroxylation is 2. The summed E-state index contributed by atoms with van der Waals surface area (Å²) in [6, 6.07) is 10.4. The Morgan fingerprint density at radius 1 is 1.15 bits per heavy atom. The van der Waals surface area contributed by atoms with Gasteiger partial charge in [-0.15, -0.1) is 24.0 Å². The van der Waals surface area contributed by atoms with Crippen LogP contribution in [0.5, 0.6) is 5.75 Å². The van der Waals surface area contributed by atoms with Crippen molar-refractivity contribution in [3.05, 3.63) is 58.9 Å². The van der Waals surface area contributed by atoms with Gasteiger partial charge in [0, 0.05) is 37.6 Å². The number of guanidine groups is 1. The molecule has 26 heavy (non-hydrogen) atoms. The predicted octanol–water partition coefficient (Wildman–Crippen LogP) is 3.62. The number of hydrogen-bond donors (Lipinski definition) is 2. The van der Waals surface area contributed by atoms with E-state index in [9.17, 15) is 0 Å². The van der Waals surface area contributed by atoms with Gasteiger partial charge < -0.3 is 15.4 Å². The molecule has 2 rings (SSSR count). The van der Waals surface area contributed by atoms with E-state index in [1.165, 1.54) is 11.1 Å². The summed E-state index contributed by atoms with van der Waals surface area (Å²) < 4.78 is 5.73. The molecule has 0 atom stereocenters. The first-order valence-corrected chi connectivity index (χ1v) is 8.70. The van der Waals surface area contributed by atoms with Gasteiger partial charge in [-0.05, 0) is 50.5 Å². The fourth-order valence-corrected chi connectivity index (χ4v) is 2.47. The highest BCUT2D eigenvalue weighted by Gasteiger charge is 2.05. The van der Waals surface area contributed by atoms with E-state index < -0.39 is 0 Å². The van der Waals surface area contributed by atoms with Crippen molar-refractivity contribution < 1.29 is 4.74 Å². The molecule has 0 radical (unpaired) electrons. The van der Waals surface area contributed by atoms with E-state index in [4.69, 9.17) is 4.74 Å². The molecule has 5 nitrogen and oxygen atoms in total. The summed E-state index contributed by atoms with van der Waals surface area (Å²) in [6.45, 7) is 8.20. The second-order valence-corrected chi connectivity index (χ2v) is 5.95. The highest BCUT2D eigenvalue weighted by Crippen LogP contribution is 2.20. The number of ether oxygens (including phenoxy) is 1. The van der Waals surface area contributed by atoms with Crippen molar-refractivity contribution in [2.24, 2.45) is 4.99 Å². The molecule has 2 N–H and O–H groups in total. The lowest BCUT2D eigenvalue weighted by molar-refractivity contribution is 0.336. The molecule has 142 valence electrons. The number of rotatable bonds is 7.